The van der Waals surface area contributed by atoms with E-state index in [1.165, 1.54) is 0 Å². The van der Waals surface area contributed by atoms with Crippen molar-refractivity contribution in [2.45, 2.75) is 45.5 Å². The highest BCUT2D eigenvalue weighted by molar-refractivity contribution is 5.45. The standard InChI is InChI=1S/C14H22N2O2/c1-10-8-16(9-14(3,4)18-10)12-5-6-13(11(2)17)15-7-12/h5-7,10-11,17H,8-9H2,1-4H3/t10?,11-/m1/s1. The minimum absolute atomic E-state index is 0.138. The van der Waals surface area contributed by atoms with E-state index in [1.807, 2.05) is 18.3 Å². The van der Waals surface area contributed by atoms with Crippen LogP contribution in [0.25, 0.3) is 0 Å². The van der Waals surface area contributed by atoms with Gasteiger partial charge in [0.25, 0.3) is 0 Å². The Morgan fingerprint density at radius 3 is 2.72 bits per heavy atom. The summed E-state index contributed by atoms with van der Waals surface area (Å²) >= 11 is 0. The molecule has 0 amide bonds. The van der Waals surface area contributed by atoms with Crippen LogP contribution in [-0.2, 0) is 4.74 Å². The predicted molar refractivity (Wildman–Crippen MR) is 71.7 cm³/mol. The zero-order valence-corrected chi connectivity index (χ0v) is 11.6. The van der Waals surface area contributed by atoms with Crippen molar-refractivity contribution in [2.24, 2.45) is 0 Å². The van der Waals surface area contributed by atoms with Crippen LogP contribution >= 0.6 is 0 Å². The molecule has 1 aromatic rings. The SMILES string of the molecule is CC1CN(c2ccc([C@@H](C)O)nc2)CC(C)(C)O1. The molecule has 0 spiro atoms. The Morgan fingerprint density at radius 1 is 1.50 bits per heavy atom. The Balaban J connectivity index is 2.15. The Labute approximate surface area is 109 Å². The highest BCUT2D eigenvalue weighted by Gasteiger charge is 2.31. The van der Waals surface area contributed by atoms with Gasteiger partial charge in [0.1, 0.15) is 0 Å². The highest BCUT2D eigenvalue weighted by atomic mass is 16.5. The molecule has 1 fully saturated rings. The maximum Gasteiger partial charge on any atom is 0.0931 e. The van der Waals surface area contributed by atoms with Gasteiger partial charge in [-0.2, -0.15) is 0 Å². The van der Waals surface area contributed by atoms with Gasteiger partial charge in [-0.15, -0.1) is 0 Å². The lowest BCUT2D eigenvalue weighted by molar-refractivity contribution is -0.0749. The fourth-order valence-electron chi connectivity index (χ4n) is 2.48. The number of aromatic nitrogens is 1. The van der Waals surface area contributed by atoms with Crippen molar-refractivity contribution >= 4 is 5.69 Å². The minimum Gasteiger partial charge on any atom is -0.387 e. The van der Waals surface area contributed by atoms with Gasteiger partial charge in [0.05, 0.1) is 35.4 Å². The van der Waals surface area contributed by atoms with Crippen LogP contribution in [0.3, 0.4) is 0 Å². The molecule has 0 aromatic carbocycles. The lowest BCUT2D eigenvalue weighted by Gasteiger charge is -2.42. The van der Waals surface area contributed by atoms with E-state index >= 15 is 0 Å². The molecule has 4 heteroatoms. The Morgan fingerprint density at radius 2 is 2.22 bits per heavy atom. The Bertz CT molecular complexity index is 401. The van der Waals surface area contributed by atoms with Crippen LogP contribution in [0.4, 0.5) is 5.69 Å². The zero-order valence-electron chi connectivity index (χ0n) is 11.6. The minimum atomic E-state index is -0.515. The third kappa shape index (κ3) is 3.00. The summed E-state index contributed by atoms with van der Waals surface area (Å²) in [5, 5.41) is 9.45. The lowest BCUT2D eigenvalue weighted by atomic mass is 10.0. The average molecular weight is 250 g/mol. The summed E-state index contributed by atoms with van der Waals surface area (Å²) in [7, 11) is 0. The molecule has 0 saturated carbocycles. The molecule has 1 aliphatic heterocycles. The Hall–Kier alpha value is -1.13. The van der Waals surface area contributed by atoms with Crippen molar-refractivity contribution in [2.75, 3.05) is 18.0 Å². The summed E-state index contributed by atoms with van der Waals surface area (Å²) < 4.78 is 5.89. The quantitative estimate of drug-likeness (QED) is 0.873. The van der Waals surface area contributed by atoms with Gasteiger partial charge in [-0.1, -0.05) is 0 Å². The average Bonchev–Trinajstić information content (AvgIpc) is 2.26. The molecule has 100 valence electrons. The first-order valence-electron chi connectivity index (χ1n) is 6.44. The molecule has 4 nitrogen and oxygen atoms in total. The molecule has 18 heavy (non-hydrogen) atoms. The Kier molecular flexibility index (Phi) is 3.59. The predicted octanol–water partition coefficient (Wildman–Crippen LogP) is 2.14. The largest absolute Gasteiger partial charge is 0.387 e. The second kappa shape index (κ2) is 4.86. The number of aliphatic hydroxyl groups excluding tert-OH is 1. The van der Waals surface area contributed by atoms with Crippen LogP contribution in [0, 0.1) is 0 Å². The first-order valence-corrected chi connectivity index (χ1v) is 6.44. The molecule has 1 unspecified atom stereocenters. The molecule has 2 atom stereocenters. The van der Waals surface area contributed by atoms with Crippen LogP contribution in [0.1, 0.15) is 39.5 Å². The van der Waals surface area contributed by atoms with E-state index in [2.05, 4.69) is 30.7 Å². The lowest BCUT2D eigenvalue weighted by Crippen LogP contribution is -2.52. The molecule has 0 radical (unpaired) electrons. The number of rotatable bonds is 2. The number of aliphatic hydroxyl groups is 1. The van der Waals surface area contributed by atoms with E-state index in [1.54, 1.807) is 6.92 Å². The van der Waals surface area contributed by atoms with Gasteiger partial charge in [-0.3, -0.25) is 4.98 Å². The van der Waals surface area contributed by atoms with Gasteiger partial charge in [0, 0.05) is 13.1 Å². The molecule has 1 saturated heterocycles. The molecular weight excluding hydrogens is 228 g/mol. The number of hydrogen-bond acceptors (Lipinski definition) is 4. The van der Waals surface area contributed by atoms with Crippen LogP contribution < -0.4 is 4.90 Å². The molecule has 1 aromatic heterocycles. The van der Waals surface area contributed by atoms with E-state index in [-0.39, 0.29) is 11.7 Å². The molecule has 0 aliphatic carbocycles. The van der Waals surface area contributed by atoms with Gasteiger partial charge in [0.15, 0.2) is 0 Å². The van der Waals surface area contributed by atoms with Crippen molar-refractivity contribution in [3.8, 4) is 0 Å². The summed E-state index contributed by atoms with van der Waals surface area (Å²) in [6, 6.07) is 3.90. The third-order valence-corrected chi connectivity index (χ3v) is 3.13. The second-order valence-electron chi connectivity index (χ2n) is 5.69. The summed E-state index contributed by atoms with van der Waals surface area (Å²) in [5.41, 5.74) is 1.66. The number of anilines is 1. The van der Waals surface area contributed by atoms with Crippen molar-refractivity contribution in [3.05, 3.63) is 24.0 Å². The molecule has 1 N–H and O–H groups in total. The van der Waals surface area contributed by atoms with E-state index in [4.69, 9.17) is 4.74 Å². The summed E-state index contributed by atoms with van der Waals surface area (Å²) in [6.45, 7) is 9.75. The van der Waals surface area contributed by atoms with Crippen molar-refractivity contribution in [1.29, 1.82) is 0 Å². The fraction of sp³-hybridized carbons (Fsp3) is 0.643. The zero-order chi connectivity index (χ0) is 13.3. The number of nitrogens with zero attached hydrogens (tertiary/aromatic N) is 2. The van der Waals surface area contributed by atoms with Gasteiger partial charge in [-0.25, -0.2) is 0 Å². The van der Waals surface area contributed by atoms with E-state index in [0.29, 0.717) is 5.69 Å². The molecule has 2 rings (SSSR count). The van der Waals surface area contributed by atoms with E-state index in [9.17, 15) is 5.11 Å². The fourth-order valence-corrected chi connectivity index (χ4v) is 2.48. The second-order valence-corrected chi connectivity index (χ2v) is 5.69. The smallest absolute Gasteiger partial charge is 0.0931 e. The summed E-state index contributed by atoms with van der Waals surface area (Å²) in [5.74, 6) is 0. The molecule has 2 heterocycles. The van der Waals surface area contributed by atoms with Crippen LogP contribution in [-0.4, -0.2) is 34.9 Å². The molecule has 0 bridgehead atoms. The van der Waals surface area contributed by atoms with Gasteiger partial charge >= 0.3 is 0 Å². The monoisotopic (exact) mass is 250 g/mol. The maximum absolute atomic E-state index is 9.45. The first kappa shape index (κ1) is 13.3. The van der Waals surface area contributed by atoms with E-state index in [0.717, 1.165) is 18.8 Å². The highest BCUT2D eigenvalue weighted by Crippen LogP contribution is 2.26. The number of hydrogen-bond donors (Lipinski definition) is 1. The molecular formula is C14H22N2O2. The van der Waals surface area contributed by atoms with Gasteiger partial charge < -0.3 is 14.7 Å². The van der Waals surface area contributed by atoms with Crippen molar-refractivity contribution in [3.63, 3.8) is 0 Å². The van der Waals surface area contributed by atoms with Gasteiger partial charge in [0.2, 0.25) is 0 Å². The van der Waals surface area contributed by atoms with Crippen LogP contribution in [0.2, 0.25) is 0 Å². The van der Waals surface area contributed by atoms with Crippen molar-refractivity contribution in [1.82, 2.24) is 4.98 Å². The molecule has 1 aliphatic rings. The summed E-state index contributed by atoms with van der Waals surface area (Å²) in [4.78, 5) is 6.58. The topological polar surface area (TPSA) is 45.6 Å². The third-order valence-electron chi connectivity index (χ3n) is 3.13. The van der Waals surface area contributed by atoms with E-state index < -0.39 is 6.10 Å². The van der Waals surface area contributed by atoms with Crippen LogP contribution in [0.15, 0.2) is 18.3 Å². The first-order chi connectivity index (χ1) is 8.37. The number of morpholine rings is 1. The van der Waals surface area contributed by atoms with Gasteiger partial charge in [-0.05, 0) is 39.8 Å². The normalized spacial score (nSPS) is 24.9. The maximum atomic E-state index is 9.45. The number of ether oxygens (including phenoxy) is 1. The van der Waals surface area contributed by atoms with Crippen LogP contribution in [0.5, 0.6) is 0 Å². The number of pyridine rings is 1. The van der Waals surface area contributed by atoms with Crippen molar-refractivity contribution < 1.29 is 9.84 Å². The summed E-state index contributed by atoms with van der Waals surface area (Å²) in [6.07, 6.45) is 1.53.